The normalized spacial score (nSPS) is 14.9. The van der Waals surface area contributed by atoms with Crippen molar-refractivity contribution in [3.8, 4) is 11.3 Å². The minimum absolute atomic E-state index is 0.113. The van der Waals surface area contributed by atoms with E-state index in [-0.39, 0.29) is 31.0 Å². The van der Waals surface area contributed by atoms with Crippen molar-refractivity contribution >= 4 is 22.5 Å². The van der Waals surface area contributed by atoms with Crippen LogP contribution in [0.1, 0.15) is 48.9 Å². The van der Waals surface area contributed by atoms with Gasteiger partial charge in [-0.3, -0.25) is 19.7 Å². The van der Waals surface area contributed by atoms with Gasteiger partial charge in [-0.1, -0.05) is 5.21 Å². The molecule has 0 aromatic carbocycles. The van der Waals surface area contributed by atoms with Crippen LogP contribution in [0.5, 0.6) is 0 Å². The smallest absolute Gasteiger partial charge is 0.190 e. The first-order valence-electron chi connectivity index (χ1n) is 12.6. The minimum Gasteiger partial charge on any atom is -0.367 e. The summed E-state index contributed by atoms with van der Waals surface area (Å²) in [5.74, 6) is 0.558. The molecule has 1 aliphatic heterocycles. The fourth-order valence-electron chi connectivity index (χ4n) is 4.55. The van der Waals surface area contributed by atoms with Gasteiger partial charge in [-0.15, -0.1) is 5.10 Å². The predicted molar refractivity (Wildman–Crippen MR) is 138 cm³/mol. The Morgan fingerprint density at radius 1 is 1.14 bits per heavy atom. The maximum atomic E-state index is 13.0. The first kappa shape index (κ1) is 24.8. The van der Waals surface area contributed by atoms with E-state index in [2.05, 4.69) is 40.5 Å². The molecule has 0 bridgehead atoms. The number of nitrogens with one attached hydrogen (secondary N) is 1. The molecule has 0 saturated carbocycles. The van der Waals surface area contributed by atoms with Gasteiger partial charge in [0.15, 0.2) is 5.78 Å². The fraction of sp³-hybridized carbons (Fsp3) is 0.423. The van der Waals surface area contributed by atoms with E-state index in [4.69, 9.17) is 0 Å². The number of ketones is 1. The van der Waals surface area contributed by atoms with Gasteiger partial charge in [0.1, 0.15) is 18.2 Å². The Hall–Kier alpha value is -3.86. The molecular formula is C26H30FN9O. The molecule has 1 fully saturated rings. The standard InChI is InChI=1S/C26H30FN9O/c1-17(2)31-26-15-28-13-23(32-26)19-9-18-10-20(29-14-22(18)30-12-19)11-25(37)24-16-36(34-33-24)21-3-6-35(7-4-21)8-5-27/h9-10,12-17,21H,3-8,11H2,1-2H3,(H,31,32). The summed E-state index contributed by atoms with van der Waals surface area (Å²) in [7, 11) is 0. The zero-order chi connectivity index (χ0) is 25.8. The van der Waals surface area contributed by atoms with Gasteiger partial charge >= 0.3 is 0 Å². The van der Waals surface area contributed by atoms with Crippen LogP contribution in [0.3, 0.4) is 0 Å². The van der Waals surface area contributed by atoms with Gasteiger partial charge in [0.25, 0.3) is 0 Å². The molecule has 4 aromatic heterocycles. The number of carbonyl (C=O) groups excluding carboxylic acids is 1. The third-order valence-electron chi connectivity index (χ3n) is 6.46. The Labute approximate surface area is 214 Å². The first-order valence-corrected chi connectivity index (χ1v) is 12.6. The molecule has 0 unspecified atom stereocenters. The van der Waals surface area contributed by atoms with Crippen molar-refractivity contribution < 1.29 is 9.18 Å². The number of likely N-dealkylation sites (tertiary alicyclic amines) is 1. The maximum Gasteiger partial charge on any atom is 0.190 e. The molecule has 192 valence electrons. The SMILES string of the molecule is CC(C)Nc1cncc(-c2cnc3cnc(CC(=O)c4cn(C5CCN(CCF)CC5)nn4)cc3c2)n1. The van der Waals surface area contributed by atoms with Crippen molar-refractivity contribution in [3.05, 3.63) is 54.5 Å². The van der Waals surface area contributed by atoms with Crippen LogP contribution in [0.2, 0.25) is 0 Å². The zero-order valence-corrected chi connectivity index (χ0v) is 21.0. The van der Waals surface area contributed by atoms with Crippen molar-refractivity contribution in [3.63, 3.8) is 0 Å². The number of hydrogen-bond donors (Lipinski definition) is 1. The summed E-state index contributed by atoms with van der Waals surface area (Å²) in [6.07, 6.45) is 10.4. The summed E-state index contributed by atoms with van der Waals surface area (Å²) in [5.41, 5.74) is 3.23. The fourth-order valence-corrected chi connectivity index (χ4v) is 4.55. The van der Waals surface area contributed by atoms with E-state index in [1.54, 1.807) is 35.7 Å². The Bertz CT molecular complexity index is 1380. The number of piperidine rings is 1. The lowest BCUT2D eigenvalue weighted by Crippen LogP contribution is -2.36. The quantitative estimate of drug-likeness (QED) is 0.343. The van der Waals surface area contributed by atoms with Crippen molar-refractivity contribution in [1.29, 1.82) is 0 Å². The predicted octanol–water partition coefficient (Wildman–Crippen LogP) is 3.53. The number of aromatic nitrogens is 7. The number of anilines is 1. The Morgan fingerprint density at radius 2 is 1.97 bits per heavy atom. The van der Waals surface area contributed by atoms with Crippen LogP contribution in [0, 0.1) is 0 Å². The number of pyridine rings is 2. The van der Waals surface area contributed by atoms with Gasteiger partial charge in [0.05, 0.1) is 48.5 Å². The summed E-state index contributed by atoms with van der Waals surface area (Å²) in [6.45, 7) is 5.86. The second-order valence-corrected chi connectivity index (χ2v) is 9.63. The third kappa shape index (κ3) is 5.93. The molecule has 0 amide bonds. The molecule has 11 heteroatoms. The van der Waals surface area contributed by atoms with Crippen molar-refractivity contribution in [1.82, 2.24) is 39.8 Å². The molecule has 37 heavy (non-hydrogen) atoms. The zero-order valence-electron chi connectivity index (χ0n) is 21.0. The van der Waals surface area contributed by atoms with Gasteiger partial charge in [-0.2, -0.15) is 0 Å². The van der Waals surface area contributed by atoms with Gasteiger partial charge in [-0.25, -0.2) is 14.1 Å². The van der Waals surface area contributed by atoms with E-state index < -0.39 is 0 Å². The lowest BCUT2D eigenvalue weighted by molar-refractivity contribution is 0.0987. The molecular weight excluding hydrogens is 473 g/mol. The van der Waals surface area contributed by atoms with Crippen LogP contribution in [0.25, 0.3) is 22.2 Å². The number of Topliss-reactive ketones (excluding diaryl/α,β-unsaturated/α-hetero) is 1. The van der Waals surface area contributed by atoms with Crippen LogP contribution >= 0.6 is 0 Å². The highest BCUT2D eigenvalue weighted by atomic mass is 19.1. The molecule has 0 aliphatic carbocycles. The van der Waals surface area contributed by atoms with Crippen molar-refractivity contribution in [2.45, 2.75) is 45.2 Å². The van der Waals surface area contributed by atoms with Crippen molar-refractivity contribution in [2.75, 3.05) is 31.6 Å². The molecule has 1 saturated heterocycles. The van der Waals surface area contributed by atoms with Gasteiger partial charge < -0.3 is 10.2 Å². The highest BCUT2D eigenvalue weighted by Crippen LogP contribution is 2.24. The average Bonchev–Trinajstić information content (AvgIpc) is 3.39. The Kier molecular flexibility index (Phi) is 7.40. The first-order chi connectivity index (χ1) is 18.0. The lowest BCUT2D eigenvalue weighted by atomic mass is 10.1. The number of halogens is 1. The van der Waals surface area contributed by atoms with Crippen molar-refractivity contribution in [2.24, 2.45) is 0 Å². The molecule has 5 heterocycles. The number of rotatable bonds is 9. The van der Waals surface area contributed by atoms with E-state index in [0.717, 1.165) is 42.4 Å². The van der Waals surface area contributed by atoms with Gasteiger partial charge in [-0.05, 0) is 38.8 Å². The van der Waals surface area contributed by atoms with Crippen LogP contribution < -0.4 is 5.32 Å². The highest BCUT2D eigenvalue weighted by Gasteiger charge is 2.22. The monoisotopic (exact) mass is 503 g/mol. The van der Waals surface area contributed by atoms with E-state index >= 15 is 0 Å². The lowest BCUT2D eigenvalue weighted by Gasteiger charge is -2.30. The maximum absolute atomic E-state index is 13.0. The van der Waals surface area contributed by atoms with Gasteiger partial charge in [0, 0.05) is 48.5 Å². The molecule has 1 aliphatic rings. The van der Waals surface area contributed by atoms with Crippen LogP contribution in [0.15, 0.2) is 43.1 Å². The molecule has 1 N–H and O–H groups in total. The molecule has 5 rings (SSSR count). The number of hydrogen-bond acceptors (Lipinski definition) is 9. The van der Waals surface area contributed by atoms with E-state index in [1.165, 1.54) is 0 Å². The number of fused-ring (bicyclic) bond motifs is 1. The summed E-state index contributed by atoms with van der Waals surface area (Å²) >= 11 is 0. The number of nitrogens with zero attached hydrogens (tertiary/aromatic N) is 8. The van der Waals surface area contributed by atoms with Crippen LogP contribution in [0.4, 0.5) is 10.2 Å². The topological polar surface area (TPSA) is 115 Å². The Balaban J connectivity index is 1.28. The number of alkyl halides is 1. The average molecular weight is 504 g/mol. The summed E-state index contributed by atoms with van der Waals surface area (Å²) in [6, 6.07) is 4.27. The van der Waals surface area contributed by atoms with Gasteiger partial charge in [0.2, 0.25) is 0 Å². The molecule has 0 spiro atoms. The summed E-state index contributed by atoms with van der Waals surface area (Å²) in [4.78, 5) is 32.9. The van der Waals surface area contributed by atoms with Crippen LogP contribution in [-0.2, 0) is 6.42 Å². The molecule has 0 atom stereocenters. The minimum atomic E-state index is -0.329. The molecule has 0 radical (unpaired) electrons. The second kappa shape index (κ2) is 11.0. The van der Waals surface area contributed by atoms with Crippen LogP contribution in [-0.4, -0.2) is 78.0 Å². The summed E-state index contributed by atoms with van der Waals surface area (Å²) in [5, 5.41) is 12.4. The van der Waals surface area contributed by atoms with E-state index in [0.29, 0.717) is 29.4 Å². The molecule has 10 nitrogen and oxygen atoms in total. The van der Waals surface area contributed by atoms with E-state index in [1.807, 2.05) is 26.0 Å². The second-order valence-electron chi connectivity index (χ2n) is 9.63. The largest absolute Gasteiger partial charge is 0.367 e. The Morgan fingerprint density at radius 3 is 2.76 bits per heavy atom. The summed E-state index contributed by atoms with van der Waals surface area (Å²) < 4.78 is 14.4. The third-order valence-corrected chi connectivity index (χ3v) is 6.46. The number of carbonyl (C=O) groups is 1. The molecule has 4 aromatic rings. The van der Waals surface area contributed by atoms with E-state index in [9.17, 15) is 9.18 Å². The highest BCUT2D eigenvalue weighted by molar-refractivity contribution is 5.95.